The van der Waals surface area contributed by atoms with E-state index in [1.165, 1.54) is 17.1 Å². The maximum atomic E-state index is 12.0. The number of carbonyl (C=O) groups is 1. The zero-order chi connectivity index (χ0) is 15.3. The van der Waals surface area contributed by atoms with Crippen molar-refractivity contribution in [1.29, 1.82) is 0 Å². The van der Waals surface area contributed by atoms with E-state index in [-0.39, 0.29) is 24.8 Å². The van der Waals surface area contributed by atoms with Crippen LogP contribution < -0.4 is 5.32 Å². The third-order valence-electron chi connectivity index (χ3n) is 3.92. The van der Waals surface area contributed by atoms with E-state index in [4.69, 9.17) is 0 Å². The average Bonchev–Trinajstić information content (AvgIpc) is 2.95. The van der Waals surface area contributed by atoms with Gasteiger partial charge in [-0.1, -0.05) is 19.3 Å². The van der Waals surface area contributed by atoms with E-state index in [2.05, 4.69) is 10.3 Å². The van der Waals surface area contributed by atoms with Gasteiger partial charge in [0.25, 0.3) is 0 Å². The van der Waals surface area contributed by atoms with Gasteiger partial charge in [0, 0.05) is 13.0 Å². The van der Waals surface area contributed by atoms with E-state index < -0.39 is 10.5 Å². The van der Waals surface area contributed by atoms with Crippen LogP contribution in [-0.2, 0) is 11.3 Å². The van der Waals surface area contributed by atoms with Gasteiger partial charge >= 0.3 is 5.82 Å². The highest BCUT2D eigenvalue weighted by Gasteiger charge is 2.32. The number of amides is 1. The lowest BCUT2D eigenvalue weighted by Crippen LogP contribution is -2.52. The Kier molecular flexibility index (Phi) is 4.89. The number of hydrogen-bond donors (Lipinski definition) is 2. The second kappa shape index (κ2) is 6.66. The number of carbonyl (C=O) groups excluding carboxylic acids is 1. The number of aryl methyl sites for hydroxylation is 1. The molecule has 0 spiro atoms. The molecule has 0 aliphatic heterocycles. The molecule has 1 aliphatic rings. The maximum absolute atomic E-state index is 12.0. The molecular formula is C13H20N4O4. The smallest absolute Gasteiger partial charge is 0.381 e. The van der Waals surface area contributed by atoms with Crippen LogP contribution in [0.1, 0.15) is 38.5 Å². The first kappa shape index (κ1) is 15.4. The van der Waals surface area contributed by atoms with Crippen LogP contribution in [0.4, 0.5) is 5.82 Å². The zero-order valence-corrected chi connectivity index (χ0v) is 11.8. The standard InChI is InChI=1S/C13H20N4O4/c18-9-13(5-2-1-3-6-13)15-12(19)4-7-16-8-11(14-10-16)17(20)21/h8,10,18H,1-7,9H2,(H,15,19). The maximum Gasteiger partial charge on any atom is 0.381 e. The van der Waals surface area contributed by atoms with Crippen molar-refractivity contribution in [2.24, 2.45) is 0 Å². The Hall–Kier alpha value is -1.96. The number of nitrogens with one attached hydrogen (secondary N) is 1. The molecule has 8 nitrogen and oxygen atoms in total. The molecule has 2 rings (SSSR count). The molecule has 116 valence electrons. The van der Waals surface area contributed by atoms with Crippen LogP contribution in [-0.4, -0.2) is 37.6 Å². The molecule has 1 saturated carbocycles. The second-order valence-corrected chi connectivity index (χ2v) is 5.52. The Labute approximate surface area is 122 Å². The van der Waals surface area contributed by atoms with Crippen molar-refractivity contribution >= 4 is 11.7 Å². The van der Waals surface area contributed by atoms with Gasteiger partial charge in [0.2, 0.25) is 12.2 Å². The number of rotatable bonds is 6. The molecule has 1 heterocycles. The molecule has 0 saturated heterocycles. The van der Waals surface area contributed by atoms with E-state index in [0.717, 1.165) is 32.1 Å². The predicted octanol–water partition coefficient (Wildman–Crippen LogP) is 0.993. The van der Waals surface area contributed by atoms with Crippen molar-refractivity contribution in [1.82, 2.24) is 14.9 Å². The van der Waals surface area contributed by atoms with Gasteiger partial charge in [0.15, 0.2) is 0 Å². The highest BCUT2D eigenvalue weighted by molar-refractivity contribution is 5.76. The molecule has 0 atom stereocenters. The number of aromatic nitrogens is 2. The van der Waals surface area contributed by atoms with Crippen LogP contribution in [0.3, 0.4) is 0 Å². The summed E-state index contributed by atoms with van der Waals surface area (Å²) >= 11 is 0. The highest BCUT2D eigenvalue weighted by Crippen LogP contribution is 2.27. The Bertz CT molecular complexity index is 508. The fourth-order valence-electron chi connectivity index (χ4n) is 2.70. The van der Waals surface area contributed by atoms with Gasteiger partial charge in [-0.25, -0.2) is 0 Å². The first-order valence-corrected chi connectivity index (χ1v) is 7.13. The lowest BCUT2D eigenvalue weighted by atomic mass is 9.82. The van der Waals surface area contributed by atoms with Crippen molar-refractivity contribution in [2.75, 3.05) is 6.61 Å². The minimum atomic E-state index is -0.570. The lowest BCUT2D eigenvalue weighted by molar-refractivity contribution is -0.389. The number of nitro groups is 1. The van der Waals surface area contributed by atoms with Crippen molar-refractivity contribution in [3.8, 4) is 0 Å². The van der Waals surface area contributed by atoms with Gasteiger partial charge in [-0.05, 0) is 22.7 Å². The van der Waals surface area contributed by atoms with E-state index in [9.17, 15) is 20.0 Å². The number of nitrogens with zero attached hydrogens (tertiary/aromatic N) is 3. The summed E-state index contributed by atoms with van der Waals surface area (Å²) in [5.41, 5.74) is -0.490. The highest BCUT2D eigenvalue weighted by atomic mass is 16.6. The molecule has 1 amide bonds. The third-order valence-corrected chi connectivity index (χ3v) is 3.92. The number of hydrogen-bond acceptors (Lipinski definition) is 5. The molecule has 1 aromatic heterocycles. The van der Waals surface area contributed by atoms with Crippen molar-refractivity contribution in [2.45, 2.75) is 50.6 Å². The van der Waals surface area contributed by atoms with Gasteiger partial charge in [-0.15, -0.1) is 0 Å². The third kappa shape index (κ3) is 4.01. The topological polar surface area (TPSA) is 110 Å². The van der Waals surface area contributed by atoms with Crippen LogP contribution in [0.5, 0.6) is 0 Å². The van der Waals surface area contributed by atoms with E-state index >= 15 is 0 Å². The Balaban J connectivity index is 1.84. The van der Waals surface area contributed by atoms with Gasteiger partial charge in [-0.3, -0.25) is 4.79 Å². The Morgan fingerprint density at radius 2 is 2.19 bits per heavy atom. The van der Waals surface area contributed by atoms with E-state index in [1.807, 2.05) is 0 Å². The quantitative estimate of drug-likeness (QED) is 0.601. The summed E-state index contributed by atoms with van der Waals surface area (Å²) in [4.78, 5) is 25.6. The second-order valence-electron chi connectivity index (χ2n) is 5.52. The van der Waals surface area contributed by atoms with Crippen molar-refractivity contribution in [3.63, 3.8) is 0 Å². The van der Waals surface area contributed by atoms with Gasteiger partial charge in [0.05, 0.1) is 12.1 Å². The van der Waals surface area contributed by atoms with Crippen molar-refractivity contribution < 1.29 is 14.8 Å². The van der Waals surface area contributed by atoms with Gasteiger partial charge < -0.3 is 25.1 Å². The normalized spacial score (nSPS) is 17.4. The number of aliphatic hydroxyl groups excluding tert-OH is 1. The Morgan fingerprint density at radius 3 is 2.76 bits per heavy atom. The number of aliphatic hydroxyl groups is 1. The molecule has 0 radical (unpaired) electrons. The van der Waals surface area contributed by atoms with Crippen LogP contribution in [0.2, 0.25) is 0 Å². The summed E-state index contributed by atoms with van der Waals surface area (Å²) in [6, 6.07) is 0. The fraction of sp³-hybridized carbons (Fsp3) is 0.692. The molecule has 0 aromatic carbocycles. The summed E-state index contributed by atoms with van der Waals surface area (Å²) in [5.74, 6) is -0.378. The zero-order valence-electron chi connectivity index (χ0n) is 11.8. The monoisotopic (exact) mass is 296 g/mol. The van der Waals surface area contributed by atoms with Gasteiger partial charge in [0.1, 0.15) is 6.20 Å². The molecule has 21 heavy (non-hydrogen) atoms. The van der Waals surface area contributed by atoms with Crippen LogP contribution >= 0.6 is 0 Å². The molecule has 8 heteroatoms. The van der Waals surface area contributed by atoms with E-state index in [0.29, 0.717) is 6.54 Å². The molecule has 2 N–H and O–H groups in total. The van der Waals surface area contributed by atoms with E-state index in [1.54, 1.807) is 0 Å². The summed E-state index contributed by atoms with van der Waals surface area (Å²) in [6.45, 7) is 0.281. The molecule has 0 bridgehead atoms. The van der Waals surface area contributed by atoms with Crippen LogP contribution in [0.15, 0.2) is 12.5 Å². The minimum Gasteiger partial charge on any atom is -0.394 e. The number of imidazole rings is 1. The minimum absolute atomic E-state index is 0.0463. The average molecular weight is 296 g/mol. The van der Waals surface area contributed by atoms with Gasteiger partial charge in [-0.2, -0.15) is 0 Å². The van der Waals surface area contributed by atoms with Crippen molar-refractivity contribution in [3.05, 3.63) is 22.6 Å². The first-order chi connectivity index (χ1) is 10.0. The summed E-state index contributed by atoms with van der Waals surface area (Å²) in [6.07, 6.45) is 7.59. The largest absolute Gasteiger partial charge is 0.394 e. The first-order valence-electron chi connectivity index (χ1n) is 7.13. The predicted molar refractivity (Wildman–Crippen MR) is 74.5 cm³/mol. The summed E-state index contributed by atoms with van der Waals surface area (Å²) in [5, 5.41) is 23.0. The molecule has 0 unspecified atom stereocenters. The summed E-state index contributed by atoms with van der Waals surface area (Å²) < 4.78 is 1.52. The van der Waals surface area contributed by atoms with Crippen LogP contribution in [0.25, 0.3) is 0 Å². The Morgan fingerprint density at radius 1 is 1.48 bits per heavy atom. The fourth-order valence-corrected chi connectivity index (χ4v) is 2.70. The SMILES string of the molecule is O=C(CCn1cnc([N+](=O)[O-])c1)NC1(CO)CCCCC1. The van der Waals surface area contributed by atoms with Crippen LogP contribution in [0, 0.1) is 10.1 Å². The molecule has 1 fully saturated rings. The molecule has 1 aliphatic carbocycles. The summed E-state index contributed by atoms with van der Waals surface area (Å²) in [7, 11) is 0. The molecular weight excluding hydrogens is 276 g/mol. The molecule has 1 aromatic rings. The lowest BCUT2D eigenvalue weighted by Gasteiger charge is -2.36.